The first-order valence-corrected chi connectivity index (χ1v) is 5.28. The highest BCUT2D eigenvalue weighted by Gasteiger charge is 2.42. The first-order chi connectivity index (χ1) is 6.23. The van der Waals surface area contributed by atoms with E-state index in [-0.39, 0.29) is 0 Å². The van der Waals surface area contributed by atoms with Crippen LogP contribution in [0.5, 0.6) is 0 Å². The largest absolute Gasteiger partial charge is 0.385 e. The molecule has 0 saturated heterocycles. The predicted octanol–water partition coefficient (Wildman–Crippen LogP) is 3.20. The number of hydrogen-bond acceptors (Lipinski definition) is 1. The molecular formula is C12H20O. The average molecular weight is 180 g/mol. The van der Waals surface area contributed by atoms with E-state index in [2.05, 4.69) is 19.1 Å². The van der Waals surface area contributed by atoms with Gasteiger partial charge in [0.2, 0.25) is 0 Å². The van der Waals surface area contributed by atoms with E-state index in [0.29, 0.717) is 0 Å². The van der Waals surface area contributed by atoms with E-state index in [1.54, 1.807) is 0 Å². The van der Waals surface area contributed by atoms with Crippen LogP contribution in [0.2, 0.25) is 0 Å². The first kappa shape index (κ1) is 10.5. The van der Waals surface area contributed by atoms with Crippen molar-refractivity contribution in [1.82, 2.24) is 0 Å². The first-order valence-electron chi connectivity index (χ1n) is 5.28. The van der Waals surface area contributed by atoms with Gasteiger partial charge in [0.15, 0.2) is 0 Å². The Bertz CT molecular complexity index is 209. The van der Waals surface area contributed by atoms with Crippen molar-refractivity contribution in [2.75, 3.05) is 0 Å². The van der Waals surface area contributed by atoms with Crippen LogP contribution in [0.4, 0.5) is 0 Å². The number of hydrogen-bond donors (Lipinski definition) is 1. The highest BCUT2D eigenvalue weighted by molar-refractivity contribution is 5.33. The Morgan fingerprint density at radius 3 is 2.62 bits per heavy atom. The SMILES string of the molecule is C/C=C(\C=C/CCCC)C1(O)CC1. The quantitative estimate of drug-likeness (QED) is 0.509. The highest BCUT2D eigenvalue weighted by atomic mass is 16.3. The zero-order valence-electron chi connectivity index (χ0n) is 8.71. The summed E-state index contributed by atoms with van der Waals surface area (Å²) in [6, 6.07) is 0. The monoisotopic (exact) mass is 180 g/mol. The molecule has 1 aliphatic carbocycles. The number of rotatable bonds is 5. The Kier molecular flexibility index (Phi) is 3.73. The fourth-order valence-corrected chi connectivity index (χ4v) is 1.46. The van der Waals surface area contributed by atoms with Crippen LogP contribution in [0.1, 0.15) is 46.0 Å². The second-order valence-corrected chi connectivity index (χ2v) is 3.82. The summed E-state index contributed by atoms with van der Waals surface area (Å²) in [5.41, 5.74) is 0.640. The second-order valence-electron chi connectivity index (χ2n) is 3.82. The van der Waals surface area contributed by atoms with Gasteiger partial charge in [0.05, 0.1) is 5.60 Å². The van der Waals surface area contributed by atoms with Crippen LogP contribution in [-0.2, 0) is 0 Å². The lowest BCUT2D eigenvalue weighted by Crippen LogP contribution is -2.08. The topological polar surface area (TPSA) is 20.2 Å². The molecule has 1 fully saturated rings. The molecule has 0 spiro atoms. The molecule has 74 valence electrons. The van der Waals surface area contributed by atoms with Crippen LogP contribution in [0, 0.1) is 0 Å². The number of aliphatic hydroxyl groups is 1. The lowest BCUT2D eigenvalue weighted by molar-refractivity contribution is 0.192. The van der Waals surface area contributed by atoms with Gasteiger partial charge in [-0.15, -0.1) is 0 Å². The van der Waals surface area contributed by atoms with Crippen LogP contribution in [0.15, 0.2) is 23.8 Å². The molecule has 1 N–H and O–H groups in total. The van der Waals surface area contributed by atoms with E-state index in [1.165, 1.54) is 12.8 Å². The molecule has 1 saturated carbocycles. The van der Waals surface area contributed by atoms with Crippen molar-refractivity contribution < 1.29 is 5.11 Å². The molecule has 0 bridgehead atoms. The third-order valence-electron chi connectivity index (χ3n) is 2.59. The summed E-state index contributed by atoms with van der Waals surface area (Å²) < 4.78 is 0. The Labute approximate surface area is 81.2 Å². The number of unbranched alkanes of at least 4 members (excludes halogenated alkanes) is 2. The van der Waals surface area contributed by atoms with E-state index < -0.39 is 5.60 Å². The highest BCUT2D eigenvalue weighted by Crippen LogP contribution is 2.42. The van der Waals surface area contributed by atoms with Gasteiger partial charge in [0.25, 0.3) is 0 Å². The molecule has 0 aromatic rings. The van der Waals surface area contributed by atoms with Gasteiger partial charge in [0, 0.05) is 0 Å². The summed E-state index contributed by atoms with van der Waals surface area (Å²) in [5, 5.41) is 9.83. The zero-order valence-corrected chi connectivity index (χ0v) is 8.71. The third-order valence-corrected chi connectivity index (χ3v) is 2.59. The summed E-state index contributed by atoms with van der Waals surface area (Å²) in [4.78, 5) is 0. The minimum absolute atomic E-state index is 0.461. The lowest BCUT2D eigenvalue weighted by Gasteiger charge is -2.07. The van der Waals surface area contributed by atoms with Crippen LogP contribution in [0.3, 0.4) is 0 Å². The molecule has 0 aromatic carbocycles. The maximum Gasteiger partial charge on any atom is 0.0895 e. The van der Waals surface area contributed by atoms with Crippen LogP contribution >= 0.6 is 0 Å². The maximum atomic E-state index is 9.83. The Hall–Kier alpha value is -0.560. The lowest BCUT2D eigenvalue weighted by atomic mass is 10.1. The summed E-state index contributed by atoms with van der Waals surface area (Å²) >= 11 is 0. The van der Waals surface area contributed by atoms with Gasteiger partial charge in [-0.3, -0.25) is 0 Å². The van der Waals surface area contributed by atoms with Crippen molar-refractivity contribution in [3.63, 3.8) is 0 Å². The molecule has 0 aliphatic heterocycles. The number of allylic oxidation sites excluding steroid dienone is 2. The van der Waals surface area contributed by atoms with Crippen LogP contribution in [-0.4, -0.2) is 10.7 Å². The van der Waals surface area contributed by atoms with Crippen molar-refractivity contribution in [2.45, 2.75) is 51.6 Å². The molecule has 0 aromatic heterocycles. The molecule has 0 heterocycles. The van der Waals surface area contributed by atoms with Gasteiger partial charge in [-0.1, -0.05) is 38.0 Å². The molecule has 13 heavy (non-hydrogen) atoms. The smallest absolute Gasteiger partial charge is 0.0895 e. The molecule has 0 radical (unpaired) electrons. The van der Waals surface area contributed by atoms with Gasteiger partial charge in [0.1, 0.15) is 0 Å². The molecule has 0 unspecified atom stereocenters. The van der Waals surface area contributed by atoms with Crippen molar-refractivity contribution in [1.29, 1.82) is 0 Å². The van der Waals surface area contributed by atoms with Crippen LogP contribution in [0.25, 0.3) is 0 Å². The van der Waals surface area contributed by atoms with E-state index in [4.69, 9.17) is 0 Å². The summed E-state index contributed by atoms with van der Waals surface area (Å²) in [6.45, 7) is 4.19. The van der Waals surface area contributed by atoms with Gasteiger partial charge >= 0.3 is 0 Å². The molecule has 1 heteroatoms. The van der Waals surface area contributed by atoms with Crippen molar-refractivity contribution in [3.05, 3.63) is 23.8 Å². The van der Waals surface area contributed by atoms with Crippen molar-refractivity contribution >= 4 is 0 Å². The normalized spacial score (nSPS) is 21.0. The Morgan fingerprint density at radius 1 is 1.46 bits per heavy atom. The Morgan fingerprint density at radius 2 is 2.15 bits per heavy atom. The van der Waals surface area contributed by atoms with E-state index in [0.717, 1.165) is 24.8 Å². The van der Waals surface area contributed by atoms with E-state index in [1.807, 2.05) is 13.0 Å². The average Bonchev–Trinajstić information content (AvgIpc) is 2.85. The molecule has 0 amide bonds. The fraction of sp³-hybridized carbons (Fsp3) is 0.667. The van der Waals surface area contributed by atoms with Gasteiger partial charge in [-0.05, 0) is 31.8 Å². The molecule has 0 atom stereocenters. The van der Waals surface area contributed by atoms with Crippen molar-refractivity contribution in [3.8, 4) is 0 Å². The van der Waals surface area contributed by atoms with Gasteiger partial charge < -0.3 is 5.11 Å². The minimum atomic E-state index is -0.461. The van der Waals surface area contributed by atoms with Crippen molar-refractivity contribution in [2.24, 2.45) is 0 Å². The van der Waals surface area contributed by atoms with Gasteiger partial charge in [-0.25, -0.2) is 0 Å². The summed E-state index contributed by atoms with van der Waals surface area (Å²) in [6.07, 6.45) is 11.8. The second kappa shape index (κ2) is 4.61. The van der Waals surface area contributed by atoms with Gasteiger partial charge in [-0.2, -0.15) is 0 Å². The molecule has 1 nitrogen and oxygen atoms in total. The molecule has 1 rings (SSSR count). The van der Waals surface area contributed by atoms with E-state index >= 15 is 0 Å². The maximum absolute atomic E-state index is 9.83. The predicted molar refractivity (Wildman–Crippen MR) is 56.6 cm³/mol. The minimum Gasteiger partial charge on any atom is -0.385 e. The molecular weight excluding hydrogens is 160 g/mol. The van der Waals surface area contributed by atoms with E-state index in [9.17, 15) is 5.11 Å². The molecule has 1 aliphatic rings. The standard InChI is InChI=1S/C12H20O/c1-3-5-6-7-8-11(4-2)12(13)9-10-12/h4,7-8,13H,3,5-6,9-10H2,1-2H3/b8-7-,11-4+. The summed E-state index contributed by atoms with van der Waals surface area (Å²) in [5.74, 6) is 0. The Balaban J connectivity index is 2.37. The van der Waals surface area contributed by atoms with Crippen LogP contribution < -0.4 is 0 Å². The summed E-state index contributed by atoms with van der Waals surface area (Å²) in [7, 11) is 0. The third kappa shape index (κ3) is 3.00. The zero-order chi connectivity index (χ0) is 9.73. The fourth-order valence-electron chi connectivity index (χ4n) is 1.46.